The molecule has 10 nitrogen and oxygen atoms in total. The first-order valence-electron chi connectivity index (χ1n) is 6.04. The van der Waals surface area contributed by atoms with Gasteiger partial charge in [0.1, 0.15) is 6.04 Å². The van der Waals surface area contributed by atoms with Crippen LogP contribution in [-0.2, 0) is 23.9 Å². The van der Waals surface area contributed by atoms with E-state index < -0.39 is 42.5 Å². The zero-order valence-electron chi connectivity index (χ0n) is 11.3. The molecule has 10 heteroatoms. The van der Waals surface area contributed by atoms with Crippen molar-refractivity contribution in [3.63, 3.8) is 0 Å². The van der Waals surface area contributed by atoms with Gasteiger partial charge in [-0.2, -0.15) is 0 Å². The first-order valence-corrected chi connectivity index (χ1v) is 6.04. The smallest absolute Gasteiger partial charge is 0.336 e. The van der Waals surface area contributed by atoms with Gasteiger partial charge in [0, 0.05) is 6.54 Å². The molecule has 1 unspecified atom stereocenters. The predicted molar refractivity (Wildman–Crippen MR) is 65.5 cm³/mol. The third-order valence-corrected chi connectivity index (χ3v) is 2.79. The van der Waals surface area contributed by atoms with Gasteiger partial charge in [-0.1, -0.05) is 0 Å². The summed E-state index contributed by atoms with van der Waals surface area (Å²) in [6, 6.07) is -2.32. The minimum absolute atomic E-state index is 0.0872. The largest absolute Gasteiger partial charge is 0.481 e. The van der Waals surface area contributed by atoms with Crippen molar-refractivity contribution in [2.24, 2.45) is 0 Å². The number of esters is 1. The maximum Gasteiger partial charge on any atom is 0.336 e. The van der Waals surface area contributed by atoms with Crippen LogP contribution in [0.15, 0.2) is 0 Å². The molecule has 21 heavy (non-hydrogen) atoms. The average molecular weight is 304 g/mol. The second-order valence-corrected chi connectivity index (χ2v) is 4.27. The number of hydrogen-bond donors (Lipinski definition) is 3. The number of methoxy groups -OCH3 is 1. The quantitative estimate of drug-likeness (QED) is 0.521. The molecular formula is C11H16N2O8. The summed E-state index contributed by atoms with van der Waals surface area (Å²) < 4.78 is 9.62. The summed E-state index contributed by atoms with van der Waals surface area (Å²) in [5, 5.41) is 19.5. The number of rotatable bonds is 5. The highest BCUT2D eigenvalue weighted by molar-refractivity contribution is 5.86. The number of carbonyl (C=O) groups is 4. The van der Waals surface area contributed by atoms with Crippen LogP contribution in [0.1, 0.15) is 6.42 Å². The Bertz CT molecular complexity index is 438. The molecule has 0 aliphatic carbocycles. The minimum Gasteiger partial charge on any atom is -0.481 e. The van der Waals surface area contributed by atoms with Crippen LogP contribution in [0.25, 0.3) is 0 Å². The topological polar surface area (TPSA) is 142 Å². The molecular weight excluding hydrogens is 288 g/mol. The van der Waals surface area contributed by atoms with Crippen LogP contribution in [0, 0.1) is 0 Å². The molecule has 0 bridgehead atoms. The Hall–Kier alpha value is -2.36. The number of urea groups is 1. The van der Waals surface area contributed by atoms with Gasteiger partial charge in [0.25, 0.3) is 0 Å². The van der Waals surface area contributed by atoms with Gasteiger partial charge in [0.15, 0.2) is 6.10 Å². The van der Waals surface area contributed by atoms with Gasteiger partial charge in [0.2, 0.25) is 0 Å². The second-order valence-electron chi connectivity index (χ2n) is 4.27. The zero-order chi connectivity index (χ0) is 16.0. The van der Waals surface area contributed by atoms with Crippen molar-refractivity contribution < 1.29 is 38.9 Å². The summed E-state index contributed by atoms with van der Waals surface area (Å²) in [6.07, 6.45) is -1.69. The lowest BCUT2D eigenvalue weighted by Crippen LogP contribution is -2.55. The van der Waals surface area contributed by atoms with Gasteiger partial charge in [-0.15, -0.1) is 0 Å². The molecule has 3 N–H and O–H groups in total. The molecule has 1 aliphatic rings. The zero-order valence-corrected chi connectivity index (χ0v) is 11.3. The fraction of sp³-hybridized carbons (Fsp3) is 0.636. The van der Waals surface area contributed by atoms with E-state index in [1.165, 1.54) is 12.0 Å². The summed E-state index contributed by atoms with van der Waals surface area (Å²) in [7, 11) is 1.18. The van der Waals surface area contributed by atoms with E-state index in [0.717, 1.165) is 0 Å². The number of nitrogens with one attached hydrogen (secondary N) is 1. The van der Waals surface area contributed by atoms with E-state index in [2.05, 4.69) is 10.1 Å². The van der Waals surface area contributed by atoms with Crippen molar-refractivity contribution in [3.05, 3.63) is 0 Å². The maximum absolute atomic E-state index is 11.9. The molecule has 0 spiro atoms. The van der Waals surface area contributed by atoms with E-state index in [-0.39, 0.29) is 19.7 Å². The summed E-state index contributed by atoms with van der Waals surface area (Å²) in [6.45, 7) is 0.139. The van der Waals surface area contributed by atoms with Gasteiger partial charge in [-0.25, -0.2) is 14.4 Å². The monoisotopic (exact) mass is 304 g/mol. The van der Waals surface area contributed by atoms with Gasteiger partial charge in [-0.3, -0.25) is 4.79 Å². The van der Waals surface area contributed by atoms with Gasteiger partial charge in [0.05, 0.1) is 26.7 Å². The third-order valence-electron chi connectivity index (χ3n) is 2.79. The maximum atomic E-state index is 11.9. The summed E-state index contributed by atoms with van der Waals surface area (Å²) in [5.74, 6) is -3.45. The van der Waals surface area contributed by atoms with Crippen LogP contribution in [0.5, 0.6) is 0 Å². The predicted octanol–water partition coefficient (Wildman–Crippen LogP) is -1.50. The number of hydrogen-bond acceptors (Lipinski definition) is 6. The second kappa shape index (κ2) is 7.43. The van der Waals surface area contributed by atoms with Crippen LogP contribution in [0.4, 0.5) is 4.79 Å². The summed E-state index contributed by atoms with van der Waals surface area (Å²) in [4.78, 5) is 45.8. The molecule has 0 saturated carbocycles. The molecule has 1 heterocycles. The molecule has 1 aliphatic heterocycles. The van der Waals surface area contributed by atoms with E-state index in [1.807, 2.05) is 0 Å². The van der Waals surface area contributed by atoms with E-state index in [1.54, 1.807) is 0 Å². The normalized spacial score (nSPS) is 19.5. The van der Waals surface area contributed by atoms with E-state index in [9.17, 15) is 19.2 Å². The van der Waals surface area contributed by atoms with E-state index in [4.69, 9.17) is 14.9 Å². The summed E-state index contributed by atoms with van der Waals surface area (Å²) >= 11 is 0. The van der Waals surface area contributed by atoms with Crippen LogP contribution < -0.4 is 5.32 Å². The van der Waals surface area contributed by atoms with Gasteiger partial charge < -0.3 is 29.9 Å². The number of carboxylic acid groups (broad SMARTS) is 2. The van der Waals surface area contributed by atoms with Crippen molar-refractivity contribution in [1.29, 1.82) is 0 Å². The Balaban J connectivity index is 2.62. The molecule has 1 rings (SSSR count). The van der Waals surface area contributed by atoms with Crippen LogP contribution >= 0.6 is 0 Å². The molecule has 118 valence electrons. The standard InChI is InChI=1S/C11H16N2O8/c1-20-10(18)7-5-13(2-3-21-7)11(19)12-6(9(16)17)4-8(14)15/h6-7H,2-5H2,1H3,(H,12,19)(H,14,15)(H,16,17)/t6-,7?/m0/s1. The van der Waals surface area contributed by atoms with E-state index >= 15 is 0 Å². The summed E-state index contributed by atoms with van der Waals surface area (Å²) in [5.41, 5.74) is 0. The van der Waals surface area contributed by atoms with Crippen molar-refractivity contribution >= 4 is 23.9 Å². The highest BCUT2D eigenvalue weighted by atomic mass is 16.6. The fourth-order valence-electron chi connectivity index (χ4n) is 1.72. The van der Waals surface area contributed by atoms with Gasteiger partial charge in [-0.05, 0) is 0 Å². The molecule has 0 aromatic rings. The Labute approximate surface area is 119 Å². The number of amides is 2. The third kappa shape index (κ3) is 4.91. The molecule has 1 saturated heterocycles. The van der Waals surface area contributed by atoms with Gasteiger partial charge >= 0.3 is 23.9 Å². The first kappa shape index (κ1) is 16.7. The molecule has 0 aromatic heterocycles. The SMILES string of the molecule is COC(=O)C1CN(C(=O)N[C@@H](CC(=O)O)C(=O)O)CCO1. The number of carbonyl (C=O) groups excluding carboxylic acids is 2. The van der Waals surface area contributed by atoms with Crippen LogP contribution in [0.2, 0.25) is 0 Å². The van der Waals surface area contributed by atoms with Crippen molar-refractivity contribution in [1.82, 2.24) is 10.2 Å². The highest BCUT2D eigenvalue weighted by Gasteiger charge is 2.32. The lowest BCUT2D eigenvalue weighted by molar-refractivity contribution is -0.158. The molecule has 2 amide bonds. The fourth-order valence-corrected chi connectivity index (χ4v) is 1.72. The molecule has 1 fully saturated rings. The number of nitrogens with zero attached hydrogens (tertiary/aromatic N) is 1. The van der Waals surface area contributed by atoms with Crippen molar-refractivity contribution in [3.8, 4) is 0 Å². The Morgan fingerprint density at radius 2 is 2.05 bits per heavy atom. The lowest BCUT2D eigenvalue weighted by atomic mass is 10.2. The number of carboxylic acids is 2. The van der Waals surface area contributed by atoms with Crippen molar-refractivity contribution in [2.75, 3.05) is 26.8 Å². The highest BCUT2D eigenvalue weighted by Crippen LogP contribution is 2.07. The number of ether oxygens (including phenoxy) is 2. The molecule has 2 atom stereocenters. The number of aliphatic carboxylic acids is 2. The first-order chi connectivity index (χ1) is 9.85. The minimum atomic E-state index is -1.55. The number of morpholine rings is 1. The van der Waals surface area contributed by atoms with Crippen LogP contribution in [0.3, 0.4) is 0 Å². The Kier molecular flexibility index (Phi) is 5.91. The van der Waals surface area contributed by atoms with E-state index in [0.29, 0.717) is 0 Å². The van der Waals surface area contributed by atoms with Crippen molar-refractivity contribution in [2.45, 2.75) is 18.6 Å². The Morgan fingerprint density at radius 1 is 1.38 bits per heavy atom. The Morgan fingerprint density at radius 3 is 2.57 bits per heavy atom. The van der Waals surface area contributed by atoms with Crippen LogP contribution in [-0.4, -0.2) is 78.0 Å². The average Bonchev–Trinajstić information content (AvgIpc) is 2.45. The molecule has 0 radical (unpaired) electrons. The molecule has 0 aromatic carbocycles. The lowest BCUT2D eigenvalue weighted by Gasteiger charge is -2.32.